The van der Waals surface area contributed by atoms with Crippen LogP contribution in [-0.2, 0) is 11.2 Å². The largest absolute Gasteiger partial charge is 0.497 e. The van der Waals surface area contributed by atoms with Gasteiger partial charge in [-0.15, -0.1) is 0 Å². The first-order valence-electron chi connectivity index (χ1n) is 7.00. The number of benzene rings is 1. The molecule has 2 rings (SSSR count). The standard InChI is InChI=1S/C16H22N2O3/c1-16(2,3)21-15(19)17-8-7-12-9-11-5-6-13(20-4)10-14(11)18-12/h5-6,9-10,18H,7-8H2,1-4H3,(H,17,19). The van der Waals surface area contributed by atoms with Gasteiger partial charge in [0, 0.05) is 30.2 Å². The van der Waals surface area contributed by atoms with Gasteiger partial charge in [-0.05, 0) is 44.4 Å². The van der Waals surface area contributed by atoms with Crippen LogP contribution in [-0.4, -0.2) is 30.3 Å². The number of aromatic nitrogens is 1. The highest BCUT2D eigenvalue weighted by Crippen LogP contribution is 2.21. The van der Waals surface area contributed by atoms with Crippen molar-refractivity contribution in [1.82, 2.24) is 10.3 Å². The van der Waals surface area contributed by atoms with Crippen LogP contribution in [0.1, 0.15) is 26.5 Å². The summed E-state index contributed by atoms with van der Waals surface area (Å²) in [6, 6.07) is 7.97. The first kappa shape index (κ1) is 15.2. The van der Waals surface area contributed by atoms with Gasteiger partial charge in [-0.2, -0.15) is 0 Å². The molecule has 0 fully saturated rings. The Balaban J connectivity index is 1.90. The highest BCUT2D eigenvalue weighted by atomic mass is 16.6. The fourth-order valence-electron chi connectivity index (χ4n) is 2.04. The maximum absolute atomic E-state index is 11.5. The molecule has 0 aliphatic heterocycles. The number of carbonyl (C=O) groups is 1. The average Bonchev–Trinajstić information content (AvgIpc) is 2.77. The molecule has 0 radical (unpaired) electrons. The minimum Gasteiger partial charge on any atom is -0.497 e. The third kappa shape index (κ3) is 4.41. The van der Waals surface area contributed by atoms with Crippen LogP contribution in [0.2, 0.25) is 0 Å². The predicted molar refractivity (Wildman–Crippen MR) is 82.8 cm³/mol. The molecule has 0 aliphatic rings. The third-order valence-corrected chi connectivity index (χ3v) is 2.95. The van der Waals surface area contributed by atoms with Crippen molar-refractivity contribution in [3.8, 4) is 5.75 Å². The minimum atomic E-state index is -0.470. The number of hydrogen-bond acceptors (Lipinski definition) is 3. The van der Waals surface area contributed by atoms with E-state index in [2.05, 4.69) is 16.4 Å². The van der Waals surface area contributed by atoms with Gasteiger partial charge in [-0.25, -0.2) is 4.79 Å². The van der Waals surface area contributed by atoms with Crippen LogP contribution in [0.4, 0.5) is 4.79 Å². The maximum atomic E-state index is 11.5. The van der Waals surface area contributed by atoms with Gasteiger partial charge < -0.3 is 19.8 Å². The molecule has 0 saturated heterocycles. The normalized spacial score (nSPS) is 11.4. The van der Waals surface area contributed by atoms with E-state index in [1.165, 1.54) is 0 Å². The summed E-state index contributed by atoms with van der Waals surface area (Å²) in [7, 11) is 1.65. The number of fused-ring (bicyclic) bond motifs is 1. The Morgan fingerprint density at radius 2 is 2.05 bits per heavy atom. The average molecular weight is 290 g/mol. The number of rotatable bonds is 4. The summed E-state index contributed by atoms with van der Waals surface area (Å²) in [4.78, 5) is 14.9. The third-order valence-electron chi connectivity index (χ3n) is 2.95. The SMILES string of the molecule is COc1ccc2cc(CCNC(=O)OC(C)(C)C)[nH]c2c1. The maximum Gasteiger partial charge on any atom is 0.407 e. The van der Waals surface area contributed by atoms with Crippen molar-refractivity contribution in [1.29, 1.82) is 0 Å². The molecule has 2 N–H and O–H groups in total. The molecule has 0 aliphatic carbocycles. The van der Waals surface area contributed by atoms with E-state index in [4.69, 9.17) is 9.47 Å². The molecule has 114 valence electrons. The molecule has 0 atom stereocenters. The lowest BCUT2D eigenvalue weighted by Gasteiger charge is -2.19. The van der Waals surface area contributed by atoms with Gasteiger partial charge in [0.1, 0.15) is 11.4 Å². The summed E-state index contributed by atoms with van der Waals surface area (Å²) in [5.74, 6) is 0.822. The summed E-state index contributed by atoms with van der Waals surface area (Å²) in [5.41, 5.74) is 1.62. The topological polar surface area (TPSA) is 63.4 Å². The Hall–Kier alpha value is -2.17. The summed E-state index contributed by atoms with van der Waals surface area (Å²) < 4.78 is 10.4. The van der Waals surface area contributed by atoms with Gasteiger partial charge in [0.15, 0.2) is 0 Å². The fourth-order valence-corrected chi connectivity index (χ4v) is 2.04. The van der Waals surface area contributed by atoms with Crippen LogP contribution in [0, 0.1) is 0 Å². The second-order valence-electron chi connectivity index (χ2n) is 5.93. The number of methoxy groups -OCH3 is 1. The number of hydrogen-bond donors (Lipinski definition) is 2. The number of nitrogens with one attached hydrogen (secondary N) is 2. The second kappa shape index (κ2) is 6.08. The molecular weight excluding hydrogens is 268 g/mol. The Morgan fingerprint density at radius 3 is 2.71 bits per heavy atom. The van der Waals surface area contributed by atoms with Crippen molar-refractivity contribution in [2.45, 2.75) is 32.8 Å². The van der Waals surface area contributed by atoms with Crippen molar-refractivity contribution in [2.75, 3.05) is 13.7 Å². The van der Waals surface area contributed by atoms with E-state index < -0.39 is 5.60 Å². The first-order chi connectivity index (χ1) is 9.87. The van der Waals surface area contributed by atoms with E-state index in [1.807, 2.05) is 39.0 Å². The minimum absolute atomic E-state index is 0.389. The van der Waals surface area contributed by atoms with Crippen LogP contribution in [0.15, 0.2) is 24.3 Å². The molecule has 2 aromatic rings. The zero-order valence-electron chi connectivity index (χ0n) is 12.9. The first-order valence-corrected chi connectivity index (χ1v) is 7.00. The number of ether oxygens (including phenoxy) is 2. The quantitative estimate of drug-likeness (QED) is 0.908. The van der Waals surface area contributed by atoms with E-state index in [-0.39, 0.29) is 6.09 Å². The Bertz CT molecular complexity index is 626. The molecule has 1 aromatic heterocycles. The van der Waals surface area contributed by atoms with Crippen molar-refractivity contribution < 1.29 is 14.3 Å². The Morgan fingerprint density at radius 1 is 1.29 bits per heavy atom. The molecule has 1 heterocycles. The molecule has 5 nitrogen and oxygen atoms in total. The van der Waals surface area contributed by atoms with Crippen molar-refractivity contribution >= 4 is 17.0 Å². The van der Waals surface area contributed by atoms with Gasteiger partial charge >= 0.3 is 6.09 Å². The highest BCUT2D eigenvalue weighted by Gasteiger charge is 2.15. The summed E-state index contributed by atoms with van der Waals surface area (Å²) >= 11 is 0. The summed E-state index contributed by atoms with van der Waals surface area (Å²) in [6.45, 7) is 6.06. The Labute approximate surface area is 124 Å². The lowest BCUT2D eigenvalue weighted by molar-refractivity contribution is 0.0528. The number of aromatic amines is 1. The molecule has 1 amide bonds. The number of alkyl carbamates (subject to hydrolysis) is 1. The van der Waals surface area contributed by atoms with Crippen molar-refractivity contribution in [3.05, 3.63) is 30.0 Å². The molecule has 0 bridgehead atoms. The van der Waals surface area contributed by atoms with Crippen molar-refractivity contribution in [2.24, 2.45) is 0 Å². The van der Waals surface area contributed by atoms with E-state index in [0.29, 0.717) is 6.54 Å². The predicted octanol–water partition coefficient (Wildman–Crippen LogP) is 3.24. The smallest absolute Gasteiger partial charge is 0.407 e. The van der Waals surface area contributed by atoms with Crippen LogP contribution >= 0.6 is 0 Å². The monoisotopic (exact) mass is 290 g/mol. The Kier molecular flexibility index (Phi) is 4.40. The van der Waals surface area contributed by atoms with Crippen LogP contribution in [0.5, 0.6) is 5.75 Å². The molecule has 1 aromatic carbocycles. The highest BCUT2D eigenvalue weighted by molar-refractivity contribution is 5.81. The van der Waals surface area contributed by atoms with E-state index in [1.54, 1.807) is 7.11 Å². The second-order valence-corrected chi connectivity index (χ2v) is 5.93. The van der Waals surface area contributed by atoms with Gasteiger partial charge in [0.05, 0.1) is 7.11 Å². The zero-order valence-corrected chi connectivity index (χ0v) is 12.9. The van der Waals surface area contributed by atoms with E-state index >= 15 is 0 Å². The van der Waals surface area contributed by atoms with Crippen LogP contribution in [0.3, 0.4) is 0 Å². The molecule has 21 heavy (non-hydrogen) atoms. The number of carbonyl (C=O) groups excluding carboxylic acids is 1. The fraction of sp³-hybridized carbons (Fsp3) is 0.438. The summed E-state index contributed by atoms with van der Waals surface area (Å²) in [6.07, 6.45) is 0.330. The number of amides is 1. The van der Waals surface area contributed by atoms with Crippen LogP contribution in [0.25, 0.3) is 10.9 Å². The summed E-state index contributed by atoms with van der Waals surface area (Å²) in [5, 5.41) is 3.88. The van der Waals surface area contributed by atoms with Gasteiger partial charge in [0.25, 0.3) is 0 Å². The number of H-pyrrole nitrogens is 1. The lowest BCUT2D eigenvalue weighted by Crippen LogP contribution is -2.33. The molecule has 0 spiro atoms. The lowest BCUT2D eigenvalue weighted by atomic mass is 10.2. The molecular formula is C16H22N2O3. The zero-order chi connectivity index (χ0) is 15.5. The van der Waals surface area contributed by atoms with Crippen molar-refractivity contribution in [3.63, 3.8) is 0 Å². The van der Waals surface area contributed by atoms with E-state index in [9.17, 15) is 4.79 Å². The van der Waals surface area contributed by atoms with Gasteiger partial charge in [0.2, 0.25) is 0 Å². The van der Waals surface area contributed by atoms with Crippen LogP contribution < -0.4 is 10.1 Å². The van der Waals surface area contributed by atoms with Gasteiger partial charge in [-0.3, -0.25) is 0 Å². The molecule has 0 unspecified atom stereocenters. The van der Waals surface area contributed by atoms with Gasteiger partial charge in [-0.1, -0.05) is 0 Å². The molecule has 0 saturated carbocycles. The molecule has 5 heteroatoms. The van der Waals surface area contributed by atoms with E-state index in [0.717, 1.165) is 28.8 Å².